The molecule has 6 heteroatoms. The van der Waals surface area contributed by atoms with Gasteiger partial charge in [0.1, 0.15) is 6.54 Å². The fourth-order valence-corrected chi connectivity index (χ4v) is 3.91. The number of aryl methyl sites for hydroxylation is 1. The normalized spacial score (nSPS) is 10.9. The van der Waals surface area contributed by atoms with E-state index in [1.54, 1.807) is 23.1 Å². The van der Waals surface area contributed by atoms with Gasteiger partial charge in [-0.15, -0.1) is 0 Å². The third-order valence-corrected chi connectivity index (χ3v) is 5.45. The van der Waals surface area contributed by atoms with Crippen molar-refractivity contribution in [3.8, 4) is 11.3 Å². The SMILES string of the molecule is CCN(C(=O)Cn1c(=O)nc(-c2ccccc2)c2cc(Cl)ccc21)c1cccc(C)c1. The maximum Gasteiger partial charge on any atom is 0.349 e. The predicted octanol–water partition coefficient (Wildman–Crippen LogP) is 5.08. The Bertz CT molecular complexity index is 1320. The van der Waals surface area contributed by atoms with Crippen LogP contribution in [-0.4, -0.2) is 22.0 Å². The van der Waals surface area contributed by atoms with Gasteiger partial charge in [0, 0.05) is 28.2 Å². The molecule has 0 unspecified atom stereocenters. The number of rotatable bonds is 5. The molecule has 0 aliphatic rings. The first-order chi connectivity index (χ1) is 15.0. The van der Waals surface area contributed by atoms with Gasteiger partial charge in [-0.3, -0.25) is 9.36 Å². The van der Waals surface area contributed by atoms with E-state index in [0.717, 1.165) is 22.2 Å². The largest absolute Gasteiger partial charge is 0.349 e. The summed E-state index contributed by atoms with van der Waals surface area (Å²) in [6.45, 7) is 4.28. The van der Waals surface area contributed by atoms with Crippen LogP contribution in [0.5, 0.6) is 0 Å². The van der Waals surface area contributed by atoms with Crippen LogP contribution < -0.4 is 10.6 Å². The topological polar surface area (TPSA) is 55.2 Å². The Hall–Kier alpha value is -3.44. The lowest BCUT2D eigenvalue weighted by Crippen LogP contribution is -2.37. The summed E-state index contributed by atoms with van der Waals surface area (Å²) in [5.41, 5.74) is 3.40. The number of halogens is 1. The van der Waals surface area contributed by atoms with Crippen LogP contribution in [0.25, 0.3) is 22.2 Å². The summed E-state index contributed by atoms with van der Waals surface area (Å²) < 4.78 is 1.42. The molecular formula is C25H22ClN3O2. The van der Waals surface area contributed by atoms with Crippen molar-refractivity contribution in [2.24, 2.45) is 0 Å². The first kappa shape index (κ1) is 20.8. The van der Waals surface area contributed by atoms with Gasteiger partial charge in [-0.1, -0.05) is 54.1 Å². The summed E-state index contributed by atoms with van der Waals surface area (Å²) in [5.74, 6) is -0.180. The van der Waals surface area contributed by atoms with Crippen molar-refractivity contribution in [3.05, 3.63) is 93.9 Å². The summed E-state index contributed by atoms with van der Waals surface area (Å²) in [5, 5.41) is 1.27. The van der Waals surface area contributed by atoms with Gasteiger partial charge in [0.2, 0.25) is 5.91 Å². The van der Waals surface area contributed by atoms with Crippen LogP contribution in [-0.2, 0) is 11.3 Å². The van der Waals surface area contributed by atoms with Crippen LogP contribution in [0.1, 0.15) is 12.5 Å². The summed E-state index contributed by atoms with van der Waals surface area (Å²) >= 11 is 6.25. The fourth-order valence-electron chi connectivity index (χ4n) is 3.74. The number of nitrogens with zero attached hydrogens (tertiary/aromatic N) is 3. The van der Waals surface area contributed by atoms with E-state index < -0.39 is 5.69 Å². The second-order valence-electron chi connectivity index (χ2n) is 7.33. The Kier molecular flexibility index (Phi) is 5.87. The van der Waals surface area contributed by atoms with E-state index >= 15 is 0 Å². The molecule has 0 aliphatic carbocycles. The molecule has 0 fully saturated rings. The number of amides is 1. The Labute approximate surface area is 185 Å². The van der Waals surface area contributed by atoms with Crippen molar-refractivity contribution in [1.82, 2.24) is 9.55 Å². The zero-order valence-corrected chi connectivity index (χ0v) is 18.1. The molecule has 0 bridgehead atoms. The molecule has 5 nitrogen and oxygen atoms in total. The number of hydrogen-bond acceptors (Lipinski definition) is 3. The summed E-state index contributed by atoms with van der Waals surface area (Å²) in [7, 11) is 0. The highest BCUT2D eigenvalue weighted by Crippen LogP contribution is 2.28. The minimum atomic E-state index is -0.470. The van der Waals surface area contributed by atoms with Crippen molar-refractivity contribution in [2.45, 2.75) is 20.4 Å². The van der Waals surface area contributed by atoms with E-state index in [2.05, 4.69) is 4.98 Å². The molecule has 156 valence electrons. The number of benzene rings is 3. The number of carbonyl (C=O) groups excluding carboxylic acids is 1. The second kappa shape index (κ2) is 8.74. The quantitative estimate of drug-likeness (QED) is 0.443. The summed E-state index contributed by atoms with van der Waals surface area (Å²) in [6, 6.07) is 22.5. The van der Waals surface area contributed by atoms with Gasteiger partial charge in [-0.2, -0.15) is 4.98 Å². The Morgan fingerprint density at radius 1 is 1.03 bits per heavy atom. The van der Waals surface area contributed by atoms with Crippen LogP contribution in [0.4, 0.5) is 5.69 Å². The predicted molar refractivity (Wildman–Crippen MR) is 126 cm³/mol. The maximum atomic E-state index is 13.2. The van der Waals surface area contributed by atoms with Gasteiger partial charge in [0.05, 0.1) is 11.2 Å². The van der Waals surface area contributed by atoms with Gasteiger partial charge >= 0.3 is 5.69 Å². The Morgan fingerprint density at radius 3 is 2.52 bits per heavy atom. The number of fused-ring (bicyclic) bond motifs is 1. The zero-order valence-electron chi connectivity index (χ0n) is 17.4. The average Bonchev–Trinajstić information content (AvgIpc) is 2.76. The zero-order chi connectivity index (χ0) is 22.0. The van der Waals surface area contributed by atoms with Crippen molar-refractivity contribution in [1.29, 1.82) is 0 Å². The molecule has 4 aromatic rings. The number of aromatic nitrogens is 2. The molecule has 0 radical (unpaired) electrons. The third-order valence-electron chi connectivity index (χ3n) is 5.21. The number of hydrogen-bond donors (Lipinski definition) is 0. The van der Waals surface area contributed by atoms with Crippen molar-refractivity contribution < 1.29 is 4.79 Å². The molecule has 0 N–H and O–H groups in total. The first-order valence-electron chi connectivity index (χ1n) is 10.1. The van der Waals surface area contributed by atoms with Crippen LogP contribution >= 0.6 is 11.6 Å². The van der Waals surface area contributed by atoms with Crippen LogP contribution in [0.3, 0.4) is 0 Å². The molecule has 0 atom stereocenters. The van der Waals surface area contributed by atoms with Crippen molar-refractivity contribution in [3.63, 3.8) is 0 Å². The average molecular weight is 432 g/mol. The van der Waals surface area contributed by atoms with Crippen LogP contribution in [0.15, 0.2) is 77.6 Å². The van der Waals surface area contributed by atoms with E-state index in [9.17, 15) is 9.59 Å². The maximum absolute atomic E-state index is 13.2. The molecule has 0 saturated heterocycles. The second-order valence-corrected chi connectivity index (χ2v) is 7.77. The monoisotopic (exact) mass is 431 g/mol. The molecule has 1 aromatic heterocycles. The molecular weight excluding hydrogens is 410 g/mol. The van der Waals surface area contributed by atoms with Gasteiger partial charge in [-0.05, 0) is 49.7 Å². The molecule has 0 saturated carbocycles. The highest BCUT2D eigenvalue weighted by molar-refractivity contribution is 6.31. The summed E-state index contributed by atoms with van der Waals surface area (Å²) in [4.78, 5) is 32.2. The van der Waals surface area contributed by atoms with Crippen LogP contribution in [0, 0.1) is 6.92 Å². The number of anilines is 1. The van der Waals surface area contributed by atoms with E-state index in [1.807, 2.05) is 68.4 Å². The number of likely N-dealkylation sites (N-methyl/N-ethyl adjacent to an activating group) is 1. The molecule has 0 aliphatic heterocycles. The van der Waals surface area contributed by atoms with Gasteiger partial charge in [0.25, 0.3) is 0 Å². The number of carbonyl (C=O) groups is 1. The van der Waals surface area contributed by atoms with Crippen LogP contribution in [0.2, 0.25) is 5.02 Å². The summed E-state index contributed by atoms with van der Waals surface area (Å²) in [6.07, 6.45) is 0. The highest BCUT2D eigenvalue weighted by Gasteiger charge is 2.19. The molecule has 4 rings (SSSR count). The van der Waals surface area contributed by atoms with E-state index in [4.69, 9.17) is 11.6 Å². The van der Waals surface area contributed by atoms with Gasteiger partial charge < -0.3 is 4.90 Å². The lowest BCUT2D eigenvalue weighted by molar-refractivity contribution is -0.119. The molecule has 1 heterocycles. The third kappa shape index (κ3) is 4.23. The Morgan fingerprint density at radius 2 is 1.81 bits per heavy atom. The smallest absolute Gasteiger partial charge is 0.311 e. The van der Waals surface area contributed by atoms with E-state index in [-0.39, 0.29) is 12.5 Å². The highest BCUT2D eigenvalue weighted by atomic mass is 35.5. The van der Waals surface area contributed by atoms with E-state index in [0.29, 0.717) is 22.8 Å². The Balaban J connectivity index is 1.80. The minimum absolute atomic E-state index is 0.110. The first-order valence-corrected chi connectivity index (χ1v) is 10.5. The minimum Gasteiger partial charge on any atom is -0.311 e. The van der Waals surface area contributed by atoms with Gasteiger partial charge in [-0.25, -0.2) is 4.79 Å². The lowest BCUT2D eigenvalue weighted by Gasteiger charge is -2.22. The molecule has 1 amide bonds. The standard InChI is InChI=1S/C25H22ClN3O2/c1-3-28(20-11-7-8-17(2)14-20)23(30)16-29-22-13-12-19(26)15-21(22)24(27-25(29)31)18-9-5-4-6-10-18/h4-15H,3,16H2,1-2H3. The van der Waals surface area contributed by atoms with Gasteiger partial charge in [0.15, 0.2) is 0 Å². The van der Waals surface area contributed by atoms with E-state index in [1.165, 1.54) is 4.57 Å². The van der Waals surface area contributed by atoms with Crippen molar-refractivity contribution >= 4 is 34.1 Å². The van der Waals surface area contributed by atoms with Crippen molar-refractivity contribution in [2.75, 3.05) is 11.4 Å². The molecule has 3 aromatic carbocycles. The lowest BCUT2D eigenvalue weighted by atomic mass is 10.1. The fraction of sp³-hybridized carbons (Fsp3) is 0.160. The molecule has 31 heavy (non-hydrogen) atoms. The molecule has 0 spiro atoms.